The summed E-state index contributed by atoms with van der Waals surface area (Å²) in [5, 5.41) is 4.48. The quantitative estimate of drug-likeness (QED) is 0.786. The van der Waals surface area contributed by atoms with Crippen LogP contribution in [0.1, 0.15) is 45.6 Å². The van der Waals surface area contributed by atoms with Gasteiger partial charge in [-0.05, 0) is 56.2 Å². The molecule has 5 rings (SSSR count). The van der Waals surface area contributed by atoms with Gasteiger partial charge in [-0.2, -0.15) is 5.10 Å². The first-order valence-electron chi connectivity index (χ1n) is 10.4. The van der Waals surface area contributed by atoms with Crippen LogP contribution >= 0.6 is 0 Å². The Kier molecular flexibility index (Phi) is 4.33. The summed E-state index contributed by atoms with van der Waals surface area (Å²) in [6, 6.07) is 6.30. The van der Waals surface area contributed by atoms with Crippen molar-refractivity contribution in [3.63, 3.8) is 0 Å². The zero-order valence-corrected chi connectivity index (χ0v) is 16.9. The molecule has 0 radical (unpaired) electrons. The fraction of sp³-hybridized carbons (Fsp3) is 0.500. The van der Waals surface area contributed by atoms with Gasteiger partial charge in [0.25, 0.3) is 0 Å². The van der Waals surface area contributed by atoms with Crippen molar-refractivity contribution in [1.82, 2.24) is 9.78 Å². The van der Waals surface area contributed by atoms with Crippen LogP contribution in [0.3, 0.4) is 0 Å². The summed E-state index contributed by atoms with van der Waals surface area (Å²) in [7, 11) is 0. The number of fused-ring (bicyclic) bond motifs is 1. The van der Waals surface area contributed by atoms with Crippen LogP contribution in [0, 0.1) is 5.92 Å². The average Bonchev–Trinajstić information content (AvgIpc) is 3.64. The first kappa shape index (κ1) is 18.2. The molecule has 2 amide bonds. The van der Waals surface area contributed by atoms with Crippen LogP contribution in [-0.4, -0.2) is 41.0 Å². The first-order valence-corrected chi connectivity index (χ1v) is 10.4. The van der Waals surface area contributed by atoms with Gasteiger partial charge >= 0.3 is 6.09 Å². The van der Waals surface area contributed by atoms with Gasteiger partial charge in [0.15, 0.2) is 0 Å². The molecule has 2 heterocycles. The third kappa shape index (κ3) is 3.50. The average molecular weight is 394 g/mol. The highest BCUT2D eigenvalue weighted by molar-refractivity contribution is 6.03. The van der Waals surface area contributed by atoms with Crippen molar-refractivity contribution in [2.24, 2.45) is 5.92 Å². The Morgan fingerprint density at radius 3 is 2.62 bits per heavy atom. The van der Waals surface area contributed by atoms with E-state index in [1.165, 1.54) is 12.8 Å². The van der Waals surface area contributed by atoms with Gasteiger partial charge in [0.2, 0.25) is 5.91 Å². The van der Waals surface area contributed by atoms with Crippen molar-refractivity contribution in [2.45, 2.75) is 51.6 Å². The lowest BCUT2D eigenvalue weighted by Crippen LogP contribution is -2.51. The van der Waals surface area contributed by atoms with E-state index in [1.54, 1.807) is 16.7 Å². The number of ether oxygens (including phenoxy) is 1. The molecule has 2 saturated carbocycles. The predicted molar refractivity (Wildman–Crippen MR) is 110 cm³/mol. The van der Waals surface area contributed by atoms with Gasteiger partial charge in [-0.3, -0.25) is 14.4 Å². The molecule has 1 aromatic carbocycles. The van der Waals surface area contributed by atoms with Gasteiger partial charge in [-0.25, -0.2) is 4.79 Å². The Morgan fingerprint density at radius 1 is 1.14 bits per heavy atom. The van der Waals surface area contributed by atoms with Crippen LogP contribution < -0.4 is 9.80 Å². The normalized spacial score (nSPS) is 21.1. The summed E-state index contributed by atoms with van der Waals surface area (Å²) in [6.07, 6.45) is 8.21. The summed E-state index contributed by atoms with van der Waals surface area (Å²) in [6.45, 7) is 4.41. The van der Waals surface area contributed by atoms with Crippen LogP contribution in [0.25, 0.3) is 11.1 Å². The maximum Gasteiger partial charge on any atom is 0.414 e. The molecule has 3 aliphatic rings. The van der Waals surface area contributed by atoms with Crippen molar-refractivity contribution in [1.29, 1.82) is 0 Å². The van der Waals surface area contributed by atoms with Gasteiger partial charge in [0.1, 0.15) is 0 Å². The Bertz CT molecular complexity index is 961. The molecule has 0 unspecified atom stereocenters. The summed E-state index contributed by atoms with van der Waals surface area (Å²) in [5.41, 5.74) is 3.46. The number of rotatable bonds is 4. The zero-order valence-electron chi connectivity index (χ0n) is 16.9. The van der Waals surface area contributed by atoms with Crippen LogP contribution in [0.4, 0.5) is 16.2 Å². The van der Waals surface area contributed by atoms with E-state index >= 15 is 0 Å². The standard InChI is InChI=1S/C22H26N4O3/c1-14-11-24(22(28)29-13-16-3-4-16)21-9-17(5-8-20(21)26(14)15(2)27)18-10-23-25(12-18)19-6-7-19/h5,8-10,12,14,16,19H,3-4,6-7,11,13H2,1-2H3/t14-/m0/s1. The third-order valence-electron chi connectivity index (χ3n) is 5.97. The van der Waals surface area contributed by atoms with E-state index < -0.39 is 0 Å². The molecule has 1 aromatic heterocycles. The zero-order chi connectivity index (χ0) is 20.1. The minimum Gasteiger partial charge on any atom is -0.449 e. The van der Waals surface area contributed by atoms with E-state index in [2.05, 4.69) is 11.3 Å². The topological polar surface area (TPSA) is 67.7 Å². The minimum absolute atomic E-state index is 0.0287. The molecule has 0 bridgehead atoms. The molecule has 29 heavy (non-hydrogen) atoms. The number of carbonyl (C=O) groups excluding carboxylic acids is 2. The lowest BCUT2D eigenvalue weighted by Gasteiger charge is -2.40. The molecule has 2 aromatic rings. The van der Waals surface area contributed by atoms with Crippen LogP contribution in [0.2, 0.25) is 0 Å². The van der Waals surface area contributed by atoms with E-state index in [0.717, 1.165) is 35.3 Å². The highest BCUT2D eigenvalue weighted by Gasteiger charge is 2.35. The van der Waals surface area contributed by atoms with Crippen LogP contribution in [0.5, 0.6) is 0 Å². The molecule has 2 fully saturated rings. The number of carbonyl (C=O) groups is 2. The monoisotopic (exact) mass is 394 g/mol. The number of hydrogen-bond donors (Lipinski definition) is 0. The fourth-order valence-corrected chi connectivity index (χ4v) is 4.03. The molecule has 2 aliphatic carbocycles. The first-order chi connectivity index (χ1) is 14.0. The minimum atomic E-state index is -0.334. The van der Waals surface area contributed by atoms with Crippen molar-refractivity contribution in [2.75, 3.05) is 23.0 Å². The molecule has 7 nitrogen and oxygen atoms in total. The SMILES string of the molecule is CC(=O)N1c2ccc(-c3cnn(C4CC4)c3)cc2N(C(=O)OCC2CC2)C[C@@H]1C. The predicted octanol–water partition coefficient (Wildman–Crippen LogP) is 3.99. The second-order valence-electron chi connectivity index (χ2n) is 8.51. The van der Waals surface area contributed by atoms with Gasteiger partial charge in [-0.15, -0.1) is 0 Å². The van der Waals surface area contributed by atoms with E-state index in [1.807, 2.05) is 36.0 Å². The van der Waals surface area contributed by atoms with Gasteiger partial charge in [0.05, 0.1) is 36.3 Å². The Balaban J connectivity index is 1.50. The van der Waals surface area contributed by atoms with Gasteiger partial charge in [0, 0.05) is 25.2 Å². The maximum absolute atomic E-state index is 12.8. The lowest BCUT2D eigenvalue weighted by molar-refractivity contribution is -0.117. The second kappa shape index (κ2) is 6.90. The number of benzene rings is 1. The Labute approximate surface area is 170 Å². The highest BCUT2D eigenvalue weighted by Crippen LogP contribution is 2.40. The number of nitrogens with zero attached hydrogens (tertiary/aromatic N) is 4. The number of aromatic nitrogens is 2. The van der Waals surface area contributed by atoms with E-state index in [0.29, 0.717) is 25.1 Å². The van der Waals surface area contributed by atoms with Gasteiger partial charge < -0.3 is 9.64 Å². The third-order valence-corrected chi connectivity index (χ3v) is 5.97. The molecule has 1 atom stereocenters. The van der Waals surface area contributed by atoms with E-state index in [4.69, 9.17) is 4.74 Å². The van der Waals surface area contributed by atoms with E-state index in [9.17, 15) is 9.59 Å². The summed E-state index contributed by atoms with van der Waals surface area (Å²) in [4.78, 5) is 28.6. The fourth-order valence-electron chi connectivity index (χ4n) is 4.03. The van der Waals surface area contributed by atoms with Crippen molar-refractivity contribution in [3.05, 3.63) is 30.6 Å². The Hall–Kier alpha value is -2.83. The van der Waals surface area contributed by atoms with Crippen molar-refractivity contribution >= 4 is 23.4 Å². The molecule has 1 aliphatic heterocycles. The number of anilines is 2. The molecule has 7 heteroatoms. The molecule has 152 valence electrons. The smallest absolute Gasteiger partial charge is 0.414 e. The molecular weight excluding hydrogens is 368 g/mol. The maximum atomic E-state index is 12.8. The number of hydrogen-bond acceptors (Lipinski definition) is 4. The second-order valence-corrected chi connectivity index (χ2v) is 8.51. The molecule has 0 N–H and O–H groups in total. The van der Waals surface area contributed by atoms with Crippen LogP contribution in [-0.2, 0) is 9.53 Å². The molecule has 0 saturated heterocycles. The molecule has 0 spiro atoms. The summed E-state index contributed by atoms with van der Waals surface area (Å²) >= 11 is 0. The van der Waals surface area contributed by atoms with Crippen molar-refractivity contribution in [3.8, 4) is 11.1 Å². The molecular formula is C22H26N4O3. The highest BCUT2D eigenvalue weighted by atomic mass is 16.6. The van der Waals surface area contributed by atoms with Gasteiger partial charge in [-0.1, -0.05) is 6.07 Å². The number of amides is 2. The Morgan fingerprint density at radius 2 is 1.93 bits per heavy atom. The summed E-state index contributed by atoms with van der Waals surface area (Å²) < 4.78 is 7.58. The van der Waals surface area contributed by atoms with Crippen LogP contribution in [0.15, 0.2) is 30.6 Å². The van der Waals surface area contributed by atoms with E-state index in [-0.39, 0.29) is 18.0 Å². The lowest BCUT2D eigenvalue weighted by atomic mass is 10.0. The van der Waals surface area contributed by atoms with Crippen molar-refractivity contribution < 1.29 is 14.3 Å². The largest absolute Gasteiger partial charge is 0.449 e. The summed E-state index contributed by atoms with van der Waals surface area (Å²) in [5.74, 6) is 0.480.